The van der Waals surface area contributed by atoms with Crippen LogP contribution in [0.3, 0.4) is 0 Å². The number of carbonyl (C=O) groups is 4. The predicted octanol–water partition coefficient (Wildman–Crippen LogP) is 1.57. The van der Waals surface area contributed by atoms with E-state index < -0.39 is 35.9 Å². The van der Waals surface area contributed by atoms with Gasteiger partial charge in [-0.25, -0.2) is 4.98 Å². The number of aromatic amines is 1. The van der Waals surface area contributed by atoms with Gasteiger partial charge in [0.2, 0.25) is 11.8 Å². The molecule has 1 aliphatic rings. The quantitative estimate of drug-likeness (QED) is 0.327. The number of rotatable bonds is 3. The van der Waals surface area contributed by atoms with E-state index in [2.05, 4.69) is 25.9 Å². The second-order valence-corrected chi connectivity index (χ2v) is 10.4. The summed E-state index contributed by atoms with van der Waals surface area (Å²) < 4.78 is 0. The van der Waals surface area contributed by atoms with Crippen LogP contribution < -0.4 is 16.0 Å². The number of fused-ring (bicyclic) bond motifs is 2. The third kappa shape index (κ3) is 7.37. The summed E-state index contributed by atoms with van der Waals surface area (Å²) in [5.41, 5.74) is 3.24. The van der Waals surface area contributed by atoms with Crippen LogP contribution in [0, 0.1) is 6.92 Å². The second-order valence-electron chi connectivity index (χ2n) is 10.4. The fourth-order valence-corrected chi connectivity index (χ4v) is 4.83. The molecule has 0 unspecified atom stereocenters. The predicted molar refractivity (Wildman–Crippen MR) is 153 cm³/mol. The van der Waals surface area contributed by atoms with Gasteiger partial charge in [0.1, 0.15) is 11.9 Å². The molecule has 2 aromatic carbocycles. The largest absolute Gasteiger partial charge is 0.391 e. The van der Waals surface area contributed by atoms with Crippen LogP contribution in [-0.2, 0) is 16.0 Å². The van der Waals surface area contributed by atoms with Crippen LogP contribution in [0.25, 0.3) is 11.4 Å². The zero-order valence-corrected chi connectivity index (χ0v) is 23.4. The van der Waals surface area contributed by atoms with Gasteiger partial charge in [0.15, 0.2) is 0 Å². The number of amides is 4. The van der Waals surface area contributed by atoms with Gasteiger partial charge >= 0.3 is 0 Å². The van der Waals surface area contributed by atoms with Crippen LogP contribution in [-0.4, -0.2) is 81.4 Å². The van der Waals surface area contributed by atoms with Crippen LogP contribution in [0.4, 0.5) is 0 Å². The Morgan fingerprint density at radius 1 is 1.12 bits per heavy atom. The lowest BCUT2D eigenvalue weighted by Gasteiger charge is -2.28. The molecule has 11 nitrogen and oxygen atoms in total. The molecule has 2 heterocycles. The number of hydrogen-bond acceptors (Lipinski definition) is 6. The van der Waals surface area contributed by atoms with Crippen molar-refractivity contribution in [2.75, 3.05) is 19.6 Å². The van der Waals surface area contributed by atoms with Gasteiger partial charge in [0.05, 0.1) is 18.2 Å². The summed E-state index contributed by atoms with van der Waals surface area (Å²) in [6, 6.07) is 10.4. The van der Waals surface area contributed by atoms with Gasteiger partial charge in [-0.1, -0.05) is 24.3 Å². The van der Waals surface area contributed by atoms with Crippen molar-refractivity contribution >= 4 is 23.6 Å². The van der Waals surface area contributed by atoms with E-state index in [1.54, 1.807) is 55.7 Å². The van der Waals surface area contributed by atoms with E-state index in [1.807, 2.05) is 13.0 Å². The van der Waals surface area contributed by atoms with Gasteiger partial charge in [-0.3, -0.25) is 19.2 Å². The summed E-state index contributed by atoms with van der Waals surface area (Å²) in [4.78, 5) is 61.7. The van der Waals surface area contributed by atoms with E-state index in [-0.39, 0.29) is 19.0 Å². The average molecular weight is 561 g/mol. The molecule has 0 fully saturated rings. The Morgan fingerprint density at radius 3 is 2.63 bits per heavy atom. The first kappa shape index (κ1) is 29.5. The van der Waals surface area contributed by atoms with Crippen LogP contribution >= 0.6 is 0 Å². The molecule has 0 aliphatic carbocycles. The number of nitrogens with one attached hydrogen (secondary N) is 4. The molecule has 4 rings (SSSR count). The van der Waals surface area contributed by atoms with Crippen molar-refractivity contribution < 1.29 is 24.3 Å². The molecule has 41 heavy (non-hydrogen) atoms. The van der Waals surface area contributed by atoms with Crippen molar-refractivity contribution in [3.8, 4) is 11.4 Å². The number of aryl methyl sites for hydroxylation is 2. The van der Waals surface area contributed by atoms with Crippen molar-refractivity contribution in [2.24, 2.45) is 0 Å². The molecular weight excluding hydrogens is 524 g/mol. The number of carbonyl (C=O) groups excluding carboxylic acids is 4. The maximum atomic E-state index is 13.8. The van der Waals surface area contributed by atoms with Crippen molar-refractivity contribution in [1.82, 2.24) is 30.8 Å². The maximum absolute atomic E-state index is 13.8. The molecule has 0 saturated heterocycles. The van der Waals surface area contributed by atoms with Crippen molar-refractivity contribution in [3.05, 3.63) is 77.1 Å². The fraction of sp³-hybridized carbons (Fsp3) is 0.367. The molecule has 0 saturated carbocycles. The molecule has 5 N–H and O–H groups in total. The molecule has 0 spiro atoms. The lowest BCUT2D eigenvalue weighted by atomic mass is 10.00. The Balaban J connectivity index is 1.63. The van der Waals surface area contributed by atoms with Gasteiger partial charge in [-0.05, 0) is 62.9 Å². The van der Waals surface area contributed by atoms with Gasteiger partial charge in [0, 0.05) is 42.7 Å². The van der Waals surface area contributed by atoms with Crippen LogP contribution in [0.2, 0.25) is 0 Å². The lowest BCUT2D eigenvalue weighted by Crippen LogP contribution is -2.56. The monoisotopic (exact) mass is 560 g/mol. The Kier molecular flexibility index (Phi) is 9.51. The Bertz CT molecular complexity index is 1400. The summed E-state index contributed by atoms with van der Waals surface area (Å²) in [6.07, 6.45) is 3.31. The summed E-state index contributed by atoms with van der Waals surface area (Å²) >= 11 is 0. The highest BCUT2D eigenvalue weighted by Gasteiger charge is 2.29. The highest BCUT2D eigenvalue weighted by atomic mass is 16.3. The number of aliphatic hydroxyl groups excluding tert-OH is 1. The Hall–Kier alpha value is -4.51. The molecule has 4 amide bonds. The van der Waals surface area contributed by atoms with Crippen molar-refractivity contribution in [3.63, 3.8) is 0 Å². The molecule has 11 heteroatoms. The Morgan fingerprint density at radius 2 is 1.90 bits per heavy atom. The minimum atomic E-state index is -1.22. The maximum Gasteiger partial charge on any atom is 0.255 e. The molecule has 2 bridgehead atoms. The van der Waals surface area contributed by atoms with Gasteiger partial charge in [-0.15, -0.1) is 0 Å². The third-order valence-corrected chi connectivity index (χ3v) is 7.02. The SMILES string of the molecule is Cc1ccc2cc1CCCNC(=O)CN(C(=O)c1ccccc1-c1ncc[nH]1)C[C@@H](C)NC(=O)[C@H]([C@@H](C)O)NC2=O. The molecule has 1 aromatic heterocycles. The van der Waals surface area contributed by atoms with Gasteiger partial charge in [-0.2, -0.15) is 0 Å². The number of aromatic nitrogens is 2. The van der Waals surface area contributed by atoms with Crippen molar-refractivity contribution in [1.29, 1.82) is 0 Å². The topological polar surface area (TPSA) is 157 Å². The summed E-state index contributed by atoms with van der Waals surface area (Å²) in [7, 11) is 0. The third-order valence-electron chi connectivity index (χ3n) is 7.02. The van der Waals surface area contributed by atoms with E-state index in [9.17, 15) is 24.3 Å². The molecule has 0 radical (unpaired) electrons. The number of H-pyrrole nitrogens is 1. The number of hydrogen-bond donors (Lipinski definition) is 5. The highest BCUT2D eigenvalue weighted by Crippen LogP contribution is 2.22. The standard InChI is InChI=1S/C30H36N6O5/c1-18-10-11-22-15-21(18)7-6-12-31-25(38)17-36(16-19(2)34-29(40)26(20(3)37)35-28(22)39)30(41)24-9-5-4-8-23(24)27-32-13-14-33-27/h4-5,8-11,13-15,19-20,26,37H,6-7,12,16-17H2,1-3H3,(H,31,38)(H,32,33)(H,34,40)(H,35,39)/t19-,20-,26+/m1/s1. The first-order valence-electron chi connectivity index (χ1n) is 13.7. The molecular formula is C30H36N6O5. The summed E-state index contributed by atoms with van der Waals surface area (Å²) in [5.74, 6) is -1.31. The normalized spacial score (nSPS) is 19.9. The minimum Gasteiger partial charge on any atom is -0.391 e. The average Bonchev–Trinajstić information content (AvgIpc) is 3.48. The molecule has 3 aromatic rings. The first-order chi connectivity index (χ1) is 19.6. The van der Waals surface area contributed by atoms with E-state index in [0.717, 1.165) is 11.1 Å². The van der Waals surface area contributed by atoms with Gasteiger partial charge < -0.3 is 30.9 Å². The van der Waals surface area contributed by atoms with E-state index in [4.69, 9.17) is 0 Å². The highest BCUT2D eigenvalue weighted by molar-refractivity contribution is 6.02. The number of aliphatic hydroxyl groups is 1. The smallest absolute Gasteiger partial charge is 0.255 e. The second kappa shape index (κ2) is 13.2. The van der Waals surface area contributed by atoms with Crippen molar-refractivity contribution in [2.45, 2.75) is 51.8 Å². The molecule has 1 aliphatic heterocycles. The van der Waals surface area contributed by atoms with E-state index in [1.165, 1.54) is 11.8 Å². The fourth-order valence-electron chi connectivity index (χ4n) is 4.83. The molecule has 216 valence electrons. The number of nitrogens with zero attached hydrogens (tertiary/aromatic N) is 2. The zero-order valence-electron chi connectivity index (χ0n) is 23.4. The van der Waals surface area contributed by atoms with Crippen LogP contribution in [0.5, 0.6) is 0 Å². The van der Waals surface area contributed by atoms with Crippen LogP contribution in [0.1, 0.15) is 52.1 Å². The van der Waals surface area contributed by atoms with E-state index >= 15 is 0 Å². The zero-order chi connectivity index (χ0) is 29.5. The lowest BCUT2D eigenvalue weighted by molar-refractivity contribution is -0.126. The van der Waals surface area contributed by atoms with E-state index in [0.29, 0.717) is 41.9 Å². The molecule has 3 atom stereocenters. The Labute approximate surface area is 238 Å². The minimum absolute atomic E-state index is 0.00489. The number of benzene rings is 2. The summed E-state index contributed by atoms with van der Waals surface area (Å²) in [6.45, 7) is 5.22. The number of imidazole rings is 1. The first-order valence-corrected chi connectivity index (χ1v) is 13.7. The van der Waals surface area contributed by atoms with Crippen LogP contribution in [0.15, 0.2) is 54.9 Å². The summed E-state index contributed by atoms with van der Waals surface area (Å²) in [5, 5.41) is 18.6. The van der Waals surface area contributed by atoms with Gasteiger partial charge in [0.25, 0.3) is 11.8 Å².